The van der Waals surface area contributed by atoms with Crippen LogP contribution in [0.5, 0.6) is 5.88 Å². The fourth-order valence-corrected chi connectivity index (χ4v) is 2.76. The van der Waals surface area contributed by atoms with Gasteiger partial charge in [-0.2, -0.15) is 5.26 Å². The van der Waals surface area contributed by atoms with E-state index in [1.165, 1.54) is 6.20 Å². The van der Waals surface area contributed by atoms with Crippen molar-refractivity contribution in [2.75, 3.05) is 6.61 Å². The van der Waals surface area contributed by atoms with Gasteiger partial charge >= 0.3 is 5.97 Å². The van der Waals surface area contributed by atoms with Crippen LogP contribution < -0.4 is 4.74 Å². The molecule has 140 valence electrons. The molecule has 2 aromatic heterocycles. The molecule has 2 heterocycles. The van der Waals surface area contributed by atoms with Crippen LogP contribution in [0.15, 0.2) is 30.7 Å². The van der Waals surface area contributed by atoms with Crippen LogP contribution in [-0.4, -0.2) is 33.1 Å². The molecule has 0 radical (unpaired) electrons. The van der Waals surface area contributed by atoms with E-state index in [9.17, 15) is 4.79 Å². The van der Waals surface area contributed by atoms with Crippen LogP contribution in [-0.2, 0) is 9.53 Å². The van der Waals surface area contributed by atoms with E-state index in [1.54, 1.807) is 24.5 Å². The largest absolute Gasteiger partial charge is 0.475 e. The molecule has 0 atom stereocenters. The van der Waals surface area contributed by atoms with Gasteiger partial charge in [0.05, 0.1) is 18.1 Å². The summed E-state index contributed by atoms with van der Waals surface area (Å²) in [6.45, 7) is 5.81. The number of aromatic nitrogens is 3. The van der Waals surface area contributed by atoms with E-state index < -0.39 is 11.0 Å². The molecule has 0 saturated heterocycles. The van der Waals surface area contributed by atoms with E-state index in [1.807, 2.05) is 26.8 Å². The third kappa shape index (κ3) is 4.40. The number of hydrogen-bond acceptors (Lipinski definition) is 7. The fraction of sp³-hybridized carbons (Fsp3) is 0.450. The number of nitrogens with zero attached hydrogens (tertiary/aromatic N) is 4. The van der Waals surface area contributed by atoms with Gasteiger partial charge < -0.3 is 9.47 Å². The molecule has 3 rings (SSSR count). The van der Waals surface area contributed by atoms with Gasteiger partial charge in [-0.15, -0.1) is 0 Å². The summed E-state index contributed by atoms with van der Waals surface area (Å²) in [6.07, 6.45) is 7.18. The predicted molar refractivity (Wildman–Crippen MR) is 97.6 cm³/mol. The molecule has 0 amide bonds. The molecule has 2 aromatic rings. The summed E-state index contributed by atoms with van der Waals surface area (Å²) in [4.78, 5) is 25.1. The van der Waals surface area contributed by atoms with Gasteiger partial charge in [0.15, 0.2) is 0 Å². The van der Waals surface area contributed by atoms with Gasteiger partial charge in [-0.1, -0.05) is 6.42 Å². The number of pyridine rings is 1. The van der Waals surface area contributed by atoms with Gasteiger partial charge in [-0.3, -0.25) is 4.79 Å². The lowest BCUT2D eigenvalue weighted by Crippen LogP contribution is -2.46. The maximum absolute atomic E-state index is 12.5. The second kappa shape index (κ2) is 7.31. The van der Waals surface area contributed by atoms with Crippen molar-refractivity contribution in [3.05, 3.63) is 36.4 Å². The Bertz CT molecular complexity index is 845. The Morgan fingerprint density at radius 1 is 1.19 bits per heavy atom. The zero-order valence-corrected chi connectivity index (χ0v) is 15.7. The average Bonchev–Trinajstić information content (AvgIpc) is 2.60. The monoisotopic (exact) mass is 366 g/mol. The van der Waals surface area contributed by atoms with Crippen LogP contribution >= 0.6 is 0 Å². The lowest BCUT2D eigenvalue weighted by molar-refractivity contribution is -0.176. The normalized spacial score (nSPS) is 15.3. The van der Waals surface area contributed by atoms with Crippen molar-refractivity contribution in [2.45, 2.75) is 45.6 Å². The van der Waals surface area contributed by atoms with Gasteiger partial charge in [0.25, 0.3) is 0 Å². The molecule has 0 aromatic carbocycles. The van der Waals surface area contributed by atoms with Crippen LogP contribution in [0.3, 0.4) is 0 Å². The first kappa shape index (κ1) is 18.8. The van der Waals surface area contributed by atoms with Crippen molar-refractivity contribution < 1.29 is 14.3 Å². The summed E-state index contributed by atoms with van der Waals surface area (Å²) in [7, 11) is 0. The molecular weight excluding hydrogens is 344 g/mol. The molecule has 0 bridgehead atoms. The first-order valence-corrected chi connectivity index (χ1v) is 8.86. The van der Waals surface area contributed by atoms with Gasteiger partial charge in [0.1, 0.15) is 29.4 Å². The van der Waals surface area contributed by atoms with Crippen molar-refractivity contribution >= 4 is 5.97 Å². The highest BCUT2D eigenvalue weighted by Crippen LogP contribution is 2.43. The number of ether oxygens (including phenoxy) is 2. The van der Waals surface area contributed by atoms with E-state index in [0.717, 1.165) is 24.8 Å². The summed E-state index contributed by atoms with van der Waals surface area (Å²) in [5.41, 5.74) is 0.628. The molecule has 7 heteroatoms. The number of rotatable bonds is 5. The number of hydrogen-bond donors (Lipinski definition) is 0. The Morgan fingerprint density at radius 3 is 2.44 bits per heavy atom. The van der Waals surface area contributed by atoms with Crippen LogP contribution in [0.2, 0.25) is 0 Å². The van der Waals surface area contributed by atoms with Crippen molar-refractivity contribution in [1.29, 1.82) is 5.26 Å². The number of carbonyl (C=O) groups excluding carboxylic acids is 1. The van der Waals surface area contributed by atoms with Crippen molar-refractivity contribution in [3.63, 3.8) is 0 Å². The Kier molecular flexibility index (Phi) is 5.08. The zero-order valence-electron chi connectivity index (χ0n) is 15.7. The van der Waals surface area contributed by atoms with Gasteiger partial charge in [-0.05, 0) is 45.7 Å². The molecule has 0 unspecified atom stereocenters. The summed E-state index contributed by atoms with van der Waals surface area (Å²) in [5.74, 6) is 0.143. The minimum absolute atomic E-state index is 0.213. The average molecular weight is 366 g/mol. The van der Waals surface area contributed by atoms with Crippen molar-refractivity contribution in [2.24, 2.45) is 5.41 Å². The Hall–Kier alpha value is -3.01. The topological polar surface area (TPSA) is 98.0 Å². The predicted octanol–water partition coefficient (Wildman–Crippen LogP) is 3.30. The Morgan fingerprint density at radius 2 is 1.96 bits per heavy atom. The summed E-state index contributed by atoms with van der Waals surface area (Å²) in [6, 6.07) is 5.37. The van der Waals surface area contributed by atoms with Crippen molar-refractivity contribution in [1.82, 2.24) is 15.0 Å². The molecule has 7 nitrogen and oxygen atoms in total. The quantitative estimate of drug-likeness (QED) is 0.749. The number of nitriles is 1. The molecule has 27 heavy (non-hydrogen) atoms. The Labute approximate surface area is 158 Å². The van der Waals surface area contributed by atoms with Gasteiger partial charge in [0, 0.05) is 11.8 Å². The van der Waals surface area contributed by atoms with Crippen LogP contribution in [0.1, 0.15) is 45.7 Å². The van der Waals surface area contributed by atoms with Gasteiger partial charge in [-0.25, -0.2) is 15.0 Å². The molecule has 0 N–H and O–H groups in total. The maximum atomic E-state index is 12.5. The maximum Gasteiger partial charge on any atom is 0.316 e. The highest BCUT2D eigenvalue weighted by molar-refractivity contribution is 5.78. The molecule has 1 aliphatic rings. The first-order valence-electron chi connectivity index (χ1n) is 8.86. The van der Waals surface area contributed by atoms with E-state index in [4.69, 9.17) is 14.7 Å². The van der Waals surface area contributed by atoms with Gasteiger partial charge in [0.2, 0.25) is 5.88 Å². The third-order valence-corrected chi connectivity index (χ3v) is 4.44. The van der Waals surface area contributed by atoms with E-state index in [0.29, 0.717) is 17.3 Å². The minimum atomic E-state index is -0.593. The summed E-state index contributed by atoms with van der Waals surface area (Å²) in [5, 5.41) is 8.80. The molecule has 0 aliphatic heterocycles. The van der Waals surface area contributed by atoms with Crippen molar-refractivity contribution in [3.8, 4) is 23.2 Å². The van der Waals surface area contributed by atoms with Crippen LogP contribution in [0.25, 0.3) is 11.3 Å². The SMILES string of the molecule is CC(C)(C)OC(=O)C1(COc2cnc(-c3ccc(C#N)nc3)cn2)CCC1. The fourth-order valence-electron chi connectivity index (χ4n) is 2.76. The molecule has 0 spiro atoms. The second-order valence-corrected chi connectivity index (χ2v) is 7.71. The smallest absolute Gasteiger partial charge is 0.316 e. The lowest BCUT2D eigenvalue weighted by Gasteiger charge is -2.40. The molecule has 1 aliphatic carbocycles. The summed E-state index contributed by atoms with van der Waals surface area (Å²) >= 11 is 0. The lowest BCUT2D eigenvalue weighted by atomic mass is 9.69. The molecular formula is C20H22N4O3. The van der Waals surface area contributed by atoms with Crippen LogP contribution in [0.4, 0.5) is 0 Å². The number of carbonyl (C=O) groups is 1. The molecule has 1 fully saturated rings. The van der Waals surface area contributed by atoms with E-state index >= 15 is 0 Å². The van der Waals surface area contributed by atoms with E-state index in [-0.39, 0.29) is 12.6 Å². The van der Waals surface area contributed by atoms with Crippen LogP contribution in [0, 0.1) is 16.7 Å². The second-order valence-electron chi connectivity index (χ2n) is 7.71. The summed E-state index contributed by atoms with van der Waals surface area (Å²) < 4.78 is 11.3. The minimum Gasteiger partial charge on any atom is -0.475 e. The Balaban J connectivity index is 1.64. The highest BCUT2D eigenvalue weighted by atomic mass is 16.6. The number of esters is 1. The first-order chi connectivity index (χ1) is 12.8. The molecule has 1 saturated carbocycles. The third-order valence-electron chi connectivity index (χ3n) is 4.44. The standard InChI is InChI=1S/C20H22N4O3/c1-19(2,3)27-18(25)20(7-4-8-20)13-26-17-12-23-16(11-24-17)14-5-6-15(9-21)22-10-14/h5-6,10-12H,4,7-8,13H2,1-3H3. The van der Waals surface area contributed by atoms with E-state index in [2.05, 4.69) is 15.0 Å². The highest BCUT2D eigenvalue weighted by Gasteiger charge is 2.47. The zero-order chi connectivity index (χ0) is 19.5.